The summed E-state index contributed by atoms with van der Waals surface area (Å²) in [6, 6.07) is 0. The zero-order valence-corrected chi connectivity index (χ0v) is 8.29. The summed E-state index contributed by atoms with van der Waals surface area (Å²) in [6.07, 6.45) is 8.90. The van der Waals surface area contributed by atoms with Crippen LogP contribution in [0.5, 0.6) is 0 Å². The van der Waals surface area contributed by atoms with Crippen molar-refractivity contribution in [2.45, 2.75) is 52.4 Å². The highest BCUT2D eigenvalue weighted by Crippen LogP contribution is 2.09. The molecule has 1 N–H and O–H groups in total. The molecule has 2 nitrogen and oxygen atoms in total. The van der Waals surface area contributed by atoms with Crippen LogP contribution in [0.25, 0.3) is 0 Å². The van der Waals surface area contributed by atoms with E-state index >= 15 is 0 Å². The topological polar surface area (TPSA) is 32.6 Å². The van der Waals surface area contributed by atoms with Gasteiger partial charge in [0.1, 0.15) is 0 Å². The second-order valence-corrected chi connectivity index (χ2v) is 3.68. The van der Waals surface area contributed by atoms with Crippen molar-refractivity contribution in [3.05, 3.63) is 0 Å². The summed E-state index contributed by atoms with van der Waals surface area (Å²) in [6.45, 7) is 4.52. The van der Waals surface area contributed by atoms with E-state index in [2.05, 4.69) is 19.0 Å². The Bertz CT molecular complexity index is 110. The molecule has 0 aliphatic rings. The maximum atomic E-state index is 8.11. The minimum Gasteiger partial charge on any atom is -0.411 e. The van der Waals surface area contributed by atoms with Gasteiger partial charge in [-0.05, 0) is 18.8 Å². The van der Waals surface area contributed by atoms with Crippen molar-refractivity contribution >= 4 is 6.21 Å². The van der Waals surface area contributed by atoms with E-state index in [4.69, 9.17) is 5.21 Å². The van der Waals surface area contributed by atoms with Gasteiger partial charge in [0.2, 0.25) is 0 Å². The Balaban J connectivity index is 2.91. The van der Waals surface area contributed by atoms with Gasteiger partial charge in [0.05, 0.1) is 0 Å². The Morgan fingerprint density at radius 1 is 1.17 bits per heavy atom. The predicted octanol–water partition coefficient (Wildman–Crippen LogP) is 3.44. The molecule has 0 rings (SSSR count). The van der Waals surface area contributed by atoms with Gasteiger partial charge in [-0.3, -0.25) is 0 Å². The second-order valence-electron chi connectivity index (χ2n) is 3.68. The van der Waals surface area contributed by atoms with Crippen LogP contribution in [0, 0.1) is 5.92 Å². The first-order valence-corrected chi connectivity index (χ1v) is 4.93. The Hall–Kier alpha value is -0.530. The largest absolute Gasteiger partial charge is 0.411 e. The molecule has 0 aromatic rings. The van der Waals surface area contributed by atoms with E-state index in [0.717, 1.165) is 18.8 Å². The highest BCUT2D eigenvalue weighted by Gasteiger charge is 1.93. The molecule has 0 saturated heterocycles. The molecular weight excluding hydrogens is 150 g/mol. The van der Waals surface area contributed by atoms with Crippen LogP contribution in [0.2, 0.25) is 0 Å². The first kappa shape index (κ1) is 11.5. The van der Waals surface area contributed by atoms with E-state index in [9.17, 15) is 0 Å². The summed E-state index contributed by atoms with van der Waals surface area (Å²) in [5, 5.41) is 11.1. The maximum absolute atomic E-state index is 8.11. The van der Waals surface area contributed by atoms with Gasteiger partial charge in [-0.25, -0.2) is 0 Å². The molecule has 0 heterocycles. The summed E-state index contributed by atoms with van der Waals surface area (Å²) in [5.74, 6) is 0.837. The fourth-order valence-corrected chi connectivity index (χ4v) is 1.20. The van der Waals surface area contributed by atoms with Gasteiger partial charge in [0.25, 0.3) is 0 Å². The number of hydrogen-bond acceptors (Lipinski definition) is 2. The van der Waals surface area contributed by atoms with E-state index in [-0.39, 0.29) is 0 Å². The Morgan fingerprint density at radius 3 is 2.42 bits per heavy atom. The van der Waals surface area contributed by atoms with Gasteiger partial charge in [0, 0.05) is 6.21 Å². The van der Waals surface area contributed by atoms with Crippen LogP contribution in [0.1, 0.15) is 52.4 Å². The fourth-order valence-electron chi connectivity index (χ4n) is 1.20. The smallest absolute Gasteiger partial charge is 0.0435 e. The van der Waals surface area contributed by atoms with E-state index in [1.54, 1.807) is 6.21 Å². The van der Waals surface area contributed by atoms with Crippen molar-refractivity contribution in [1.29, 1.82) is 0 Å². The third-order valence-corrected chi connectivity index (χ3v) is 1.95. The predicted molar refractivity (Wildman–Crippen MR) is 52.8 cm³/mol. The van der Waals surface area contributed by atoms with Crippen molar-refractivity contribution in [1.82, 2.24) is 0 Å². The molecule has 0 bridgehead atoms. The van der Waals surface area contributed by atoms with Gasteiger partial charge in [-0.15, -0.1) is 5.16 Å². The van der Waals surface area contributed by atoms with Crippen LogP contribution in [-0.2, 0) is 0 Å². The molecule has 0 fully saturated rings. The lowest BCUT2D eigenvalue weighted by molar-refractivity contribution is 0.320. The monoisotopic (exact) mass is 171 g/mol. The van der Waals surface area contributed by atoms with Gasteiger partial charge in [-0.2, -0.15) is 0 Å². The molecule has 0 aromatic carbocycles. The van der Waals surface area contributed by atoms with Crippen molar-refractivity contribution in [3.63, 3.8) is 0 Å². The first-order chi connectivity index (χ1) is 5.77. The van der Waals surface area contributed by atoms with Gasteiger partial charge >= 0.3 is 0 Å². The molecule has 0 spiro atoms. The van der Waals surface area contributed by atoms with Crippen LogP contribution >= 0.6 is 0 Å². The molecule has 2 heteroatoms. The molecule has 0 saturated carbocycles. The lowest BCUT2D eigenvalue weighted by Gasteiger charge is -2.02. The highest BCUT2D eigenvalue weighted by molar-refractivity contribution is 5.55. The standard InChI is InChI=1S/C10H21NO/c1-10(2)8-6-4-3-5-7-9-11-12/h9-10,12H,3-8H2,1-2H3. The van der Waals surface area contributed by atoms with E-state index in [1.165, 1.54) is 25.7 Å². The number of nitrogens with zero attached hydrogens (tertiary/aromatic N) is 1. The summed E-state index contributed by atoms with van der Waals surface area (Å²) in [5.41, 5.74) is 0. The number of oxime groups is 1. The van der Waals surface area contributed by atoms with Gasteiger partial charge < -0.3 is 5.21 Å². The van der Waals surface area contributed by atoms with Crippen molar-refractivity contribution in [3.8, 4) is 0 Å². The summed E-state index contributed by atoms with van der Waals surface area (Å²) in [7, 11) is 0. The third kappa shape index (κ3) is 9.47. The summed E-state index contributed by atoms with van der Waals surface area (Å²) < 4.78 is 0. The highest BCUT2D eigenvalue weighted by atomic mass is 16.4. The zero-order valence-electron chi connectivity index (χ0n) is 8.29. The molecular formula is C10H21NO. The number of rotatable bonds is 7. The second kappa shape index (κ2) is 8.57. The van der Waals surface area contributed by atoms with Crippen molar-refractivity contribution < 1.29 is 5.21 Å². The van der Waals surface area contributed by atoms with Gasteiger partial charge in [0.15, 0.2) is 0 Å². The lowest BCUT2D eigenvalue weighted by Crippen LogP contribution is -1.87. The number of hydrogen-bond donors (Lipinski definition) is 1. The molecule has 12 heavy (non-hydrogen) atoms. The molecule has 72 valence electrons. The van der Waals surface area contributed by atoms with Crippen molar-refractivity contribution in [2.24, 2.45) is 11.1 Å². The van der Waals surface area contributed by atoms with Crippen LogP contribution in [0.4, 0.5) is 0 Å². The number of unbranched alkanes of at least 4 members (excludes halogenated alkanes) is 4. The van der Waals surface area contributed by atoms with Crippen LogP contribution in [0.3, 0.4) is 0 Å². The SMILES string of the molecule is CC(C)CCCCCCC=NO. The quantitative estimate of drug-likeness (QED) is 0.270. The minimum atomic E-state index is 0.837. The maximum Gasteiger partial charge on any atom is 0.0435 e. The first-order valence-electron chi connectivity index (χ1n) is 4.93. The van der Waals surface area contributed by atoms with Crippen LogP contribution in [-0.4, -0.2) is 11.4 Å². The molecule has 0 aromatic heterocycles. The minimum absolute atomic E-state index is 0.837. The molecule has 0 aliphatic carbocycles. The summed E-state index contributed by atoms with van der Waals surface area (Å²) in [4.78, 5) is 0. The molecule has 0 atom stereocenters. The Kier molecular flexibility index (Phi) is 8.19. The van der Waals surface area contributed by atoms with Crippen LogP contribution < -0.4 is 0 Å². The zero-order chi connectivity index (χ0) is 9.23. The van der Waals surface area contributed by atoms with E-state index < -0.39 is 0 Å². The Morgan fingerprint density at radius 2 is 1.83 bits per heavy atom. The van der Waals surface area contributed by atoms with Gasteiger partial charge in [-0.1, -0.05) is 39.5 Å². The van der Waals surface area contributed by atoms with E-state index in [1.807, 2.05) is 0 Å². The Labute approximate surface area is 75.7 Å². The lowest BCUT2D eigenvalue weighted by atomic mass is 10.0. The van der Waals surface area contributed by atoms with Crippen LogP contribution in [0.15, 0.2) is 5.16 Å². The average Bonchev–Trinajstić information content (AvgIpc) is 2.02. The fraction of sp³-hybridized carbons (Fsp3) is 0.900. The van der Waals surface area contributed by atoms with E-state index in [0.29, 0.717) is 0 Å². The molecule has 0 radical (unpaired) electrons. The normalized spacial score (nSPS) is 11.6. The average molecular weight is 171 g/mol. The third-order valence-electron chi connectivity index (χ3n) is 1.95. The van der Waals surface area contributed by atoms with Crippen molar-refractivity contribution in [2.75, 3.05) is 0 Å². The summed E-state index contributed by atoms with van der Waals surface area (Å²) >= 11 is 0. The molecule has 0 unspecified atom stereocenters. The molecule has 0 aliphatic heterocycles. The molecule has 0 amide bonds.